The number of aromatic nitrogens is 1. The molecule has 0 saturated carbocycles. The Kier molecular flexibility index (Phi) is 3.48. The fourth-order valence-electron chi connectivity index (χ4n) is 2.88. The molecule has 3 rings (SSSR count). The van der Waals surface area contributed by atoms with Gasteiger partial charge in [-0.15, -0.1) is 0 Å². The molecule has 1 aromatic carbocycles. The number of H-pyrrole nitrogens is 1. The SMILES string of the molecule is CC1(C(=O)O)CCN(C(=O)c2c[nH]cc2-c2ccccc2)C1. The first kappa shape index (κ1) is 14.4. The van der Waals surface area contributed by atoms with Gasteiger partial charge in [-0.05, 0) is 18.9 Å². The second kappa shape index (κ2) is 5.33. The molecule has 2 N–H and O–H groups in total. The summed E-state index contributed by atoms with van der Waals surface area (Å²) in [6.07, 6.45) is 3.97. The lowest BCUT2D eigenvalue weighted by molar-refractivity contribution is -0.147. The number of rotatable bonds is 3. The molecule has 1 aliphatic rings. The maximum Gasteiger partial charge on any atom is 0.311 e. The van der Waals surface area contributed by atoms with Gasteiger partial charge in [0, 0.05) is 31.0 Å². The Labute approximate surface area is 128 Å². The monoisotopic (exact) mass is 298 g/mol. The molecule has 1 atom stereocenters. The fraction of sp³-hybridized carbons (Fsp3) is 0.294. The lowest BCUT2D eigenvalue weighted by atomic mass is 9.90. The van der Waals surface area contributed by atoms with Crippen LogP contribution in [-0.4, -0.2) is 40.0 Å². The maximum absolute atomic E-state index is 12.7. The van der Waals surface area contributed by atoms with Gasteiger partial charge in [-0.25, -0.2) is 0 Å². The molecule has 1 aliphatic heterocycles. The van der Waals surface area contributed by atoms with Crippen LogP contribution in [0.25, 0.3) is 11.1 Å². The van der Waals surface area contributed by atoms with Crippen LogP contribution >= 0.6 is 0 Å². The lowest BCUT2D eigenvalue weighted by Crippen LogP contribution is -2.34. The highest BCUT2D eigenvalue weighted by atomic mass is 16.4. The number of nitrogens with one attached hydrogen (secondary N) is 1. The van der Waals surface area contributed by atoms with Crippen LogP contribution in [0.1, 0.15) is 23.7 Å². The van der Waals surface area contributed by atoms with E-state index in [1.165, 1.54) is 0 Å². The molecule has 0 radical (unpaired) electrons. The summed E-state index contributed by atoms with van der Waals surface area (Å²) in [7, 11) is 0. The van der Waals surface area contributed by atoms with Crippen LogP contribution in [0.3, 0.4) is 0 Å². The van der Waals surface area contributed by atoms with E-state index in [4.69, 9.17) is 0 Å². The van der Waals surface area contributed by atoms with E-state index < -0.39 is 11.4 Å². The normalized spacial score (nSPS) is 21.0. The summed E-state index contributed by atoms with van der Waals surface area (Å²) in [6.45, 7) is 2.42. The molecule has 1 aromatic heterocycles. The molecule has 1 unspecified atom stereocenters. The first-order valence-corrected chi connectivity index (χ1v) is 7.26. The van der Waals surface area contributed by atoms with Crippen molar-refractivity contribution < 1.29 is 14.7 Å². The topological polar surface area (TPSA) is 73.4 Å². The second-order valence-corrected chi connectivity index (χ2v) is 5.99. The van der Waals surface area contributed by atoms with Crippen molar-refractivity contribution in [2.45, 2.75) is 13.3 Å². The van der Waals surface area contributed by atoms with Crippen molar-refractivity contribution in [1.29, 1.82) is 0 Å². The van der Waals surface area contributed by atoms with Gasteiger partial charge in [0.05, 0.1) is 11.0 Å². The number of aromatic amines is 1. The van der Waals surface area contributed by atoms with Gasteiger partial charge in [0.25, 0.3) is 5.91 Å². The third kappa shape index (κ3) is 2.39. The van der Waals surface area contributed by atoms with E-state index in [9.17, 15) is 14.7 Å². The molecule has 5 heteroatoms. The minimum Gasteiger partial charge on any atom is -0.481 e. The Morgan fingerprint density at radius 1 is 1.23 bits per heavy atom. The Hall–Kier alpha value is -2.56. The number of carbonyl (C=O) groups is 2. The molecule has 1 saturated heterocycles. The number of carbonyl (C=O) groups excluding carboxylic acids is 1. The minimum atomic E-state index is -0.848. The summed E-state index contributed by atoms with van der Waals surface area (Å²) >= 11 is 0. The van der Waals surface area contributed by atoms with Gasteiger partial charge in [-0.2, -0.15) is 0 Å². The molecule has 0 bridgehead atoms. The first-order valence-electron chi connectivity index (χ1n) is 7.26. The minimum absolute atomic E-state index is 0.120. The van der Waals surface area contributed by atoms with Crippen LogP contribution < -0.4 is 0 Å². The van der Waals surface area contributed by atoms with Crippen LogP contribution in [0.2, 0.25) is 0 Å². The Morgan fingerprint density at radius 2 is 1.95 bits per heavy atom. The molecular formula is C17H18N2O3. The number of amides is 1. The van der Waals surface area contributed by atoms with Gasteiger partial charge in [-0.1, -0.05) is 30.3 Å². The fourth-order valence-corrected chi connectivity index (χ4v) is 2.88. The molecule has 1 fully saturated rings. The molecule has 5 nitrogen and oxygen atoms in total. The smallest absolute Gasteiger partial charge is 0.311 e. The number of carboxylic acid groups (broad SMARTS) is 1. The van der Waals surface area contributed by atoms with Crippen molar-refractivity contribution in [2.75, 3.05) is 13.1 Å². The molecule has 2 heterocycles. The van der Waals surface area contributed by atoms with E-state index in [1.54, 1.807) is 24.2 Å². The number of aliphatic carboxylic acids is 1. The van der Waals surface area contributed by atoms with E-state index in [0.29, 0.717) is 18.5 Å². The third-order valence-corrected chi connectivity index (χ3v) is 4.34. The summed E-state index contributed by atoms with van der Waals surface area (Å²) < 4.78 is 0. The number of nitrogens with zero attached hydrogens (tertiary/aromatic N) is 1. The highest BCUT2D eigenvalue weighted by molar-refractivity contribution is 6.01. The number of likely N-dealkylation sites (tertiary alicyclic amines) is 1. The van der Waals surface area contributed by atoms with E-state index >= 15 is 0 Å². The average molecular weight is 298 g/mol. The summed E-state index contributed by atoms with van der Waals surface area (Å²) in [5, 5.41) is 9.29. The average Bonchev–Trinajstić information content (AvgIpc) is 3.15. The van der Waals surface area contributed by atoms with Crippen molar-refractivity contribution in [3.05, 3.63) is 48.3 Å². The van der Waals surface area contributed by atoms with Crippen LogP contribution in [0.15, 0.2) is 42.7 Å². The Morgan fingerprint density at radius 3 is 2.59 bits per heavy atom. The molecule has 22 heavy (non-hydrogen) atoms. The predicted octanol–water partition coefficient (Wildman–Crippen LogP) is 2.62. The summed E-state index contributed by atoms with van der Waals surface area (Å²) in [5.74, 6) is -0.967. The maximum atomic E-state index is 12.7. The molecule has 2 aromatic rings. The predicted molar refractivity (Wildman–Crippen MR) is 82.5 cm³/mol. The van der Waals surface area contributed by atoms with Crippen molar-refractivity contribution in [1.82, 2.24) is 9.88 Å². The number of benzene rings is 1. The zero-order chi connectivity index (χ0) is 15.7. The number of hydrogen-bond donors (Lipinski definition) is 2. The summed E-state index contributed by atoms with van der Waals surface area (Å²) in [6, 6.07) is 9.68. The highest BCUT2D eigenvalue weighted by Crippen LogP contribution is 2.32. The number of hydrogen-bond acceptors (Lipinski definition) is 2. The third-order valence-electron chi connectivity index (χ3n) is 4.34. The Bertz CT molecular complexity index is 708. The summed E-state index contributed by atoms with van der Waals surface area (Å²) in [4.78, 5) is 28.7. The first-order chi connectivity index (χ1) is 10.5. The molecule has 0 aliphatic carbocycles. The second-order valence-electron chi connectivity index (χ2n) is 5.99. The lowest BCUT2D eigenvalue weighted by Gasteiger charge is -2.20. The van der Waals surface area contributed by atoms with Crippen LogP contribution in [-0.2, 0) is 4.79 Å². The van der Waals surface area contributed by atoms with E-state index in [2.05, 4.69) is 4.98 Å². The molecular weight excluding hydrogens is 280 g/mol. The summed E-state index contributed by atoms with van der Waals surface area (Å²) in [5.41, 5.74) is 1.54. The zero-order valence-electron chi connectivity index (χ0n) is 12.4. The van der Waals surface area contributed by atoms with Gasteiger partial charge in [0.2, 0.25) is 0 Å². The highest BCUT2D eigenvalue weighted by Gasteiger charge is 2.42. The standard InChI is InChI=1S/C17H18N2O3/c1-17(16(21)22)7-8-19(11-17)15(20)14-10-18-9-13(14)12-5-3-2-4-6-12/h2-6,9-10,18H,7-8,11H2,1H3,(H,21,22). The Balaban J connectivity index is 1.86. The van der Waals surface area contributed by atoms with E-state index in [0.717, 1.165) is 11.1 Å². The van der Waals surface area contributed by atoms with Gasteiger partial charge < -0.3 is 15.0 Å². The van der Waals surface area contributed by atoms with Crippen molar-refractivity contribution in [2.24, 2.45) is 5.41 Å². The molecule has 114 valence electrons. The van der Waals surface area contributed by atoms with Gasteiger partial charge in [0.1, 0.15) is 0 Å². The van der Waals surface area contributed by atoms with E-state index in [-0.39, 0.29) is 12.5 Å². The van der Waals surface area contributed by atoms with Gasteiger partial charge in [0.15, 0.2) is 0 Å². The van der Waals surface area contributed by atoms with Crippen molar-refractivity contribution >= 4 is 11.9 Å². The van der Waals surface area contributed by atoms with E-state index in [1.807, 2.05) is 30.3 Å². The number of carboxylic acids is 1. The molecule has 1 amide bonds. The van der Waals surface area contributed by atoms with Gasteiger partial charge in [-0.3, -0.25) is 9.59 Å². The van der Waals surface area contributed by atoms with Crippen LogP contribution in [0.5, 0.6) is 0 Å². The largest absolute Gasteiger partial charge is 0.481 e. The van der Waals surface area contributed by atoms with Crippen LogP contribution in [0.4, 0.5) is 0 Å². The zero-order valence-corrected chi connectivity index (χ0v) is 12.4. The van der Waals surface area contributed by atoms with Gasteiger partial charge >= 0.3 is 5.97 Å². The van der Waals surface area contributed by atoms with Crippen molar-refractivity contribution in [3.63, 3.8) is 0 Å². The van der Waals surface area contributed by atoms with Crippen LogP contribution in [0, 0.1) is 5.41 Å². The quantitative estimate of drug-likeness (QED) is 0.914. The van der Waals surface area contributed by atoms with Crippen molar-refractivity contribution in [3.8, 4) is 11.1 Å². The molecule has 0 spiro atoms.